The van der Waals surface area contributed by atoms with Gasteiger partial charge in [0.1, 0.15) is 0 Å². The molecule has 1 N–H and O–H groups in total. The Kier molecular flexibility index (Phi) is 4.22. The first-order valence-electron chi connectivity index (χ1n) is 3.79. The van der Waals surface area contributed by atoms with Crippen LogP contribution in [0, 0.1) is 0 Å². The maximum absolute atomic E-state index is 8.97. The Morgan fingerprint density at radius 1 is 1.64 bits per heavy atom. The first kappa shape index (κ1) is 11.3. The second kappa shape index (κ2) is 5.22. The molecular formula is C8H7BrClN3O. The molecule has 74 valence electrons. The highest BCUT2D eigenvalue weighted by Crippen LogP contribution is 2.28. The first-order valence-corrected chi connectivity index (χ1v) is 4.96. The van der Waals surface area contributed by atoms with Crippen LogP contribution in [0.25, 0.3) is 10.4 Å². The number of aliphatic hydroxyl groups is 1. The molecule has 0 radical (unpaired) electrons. The molecule has 1 aromatic rings. The van der Waals surface area contributed by atoms with Crippen LogP contribution in [0.15, 0.2) is 27.8 Å². The van der Waals surface area contributed by atoms with E-state index in [1.807, 2.05) is 0 Å². The van der Waals surface area contributed by atoms with Crippen LogP contribution in [0.5, 0.6) is 0 Å². The van der Waals surface area contributed by atoms with Crippen molar-refractivity contribution in [2.24, 2.45) is 5.11 Å². The molecule has 0 heterocycles. The van der Waals surface area contributed by atoms with Gasteiger partial charge in [-0.3, -0.25) is 0 Å². The van der Waals surface area contributed by atoms with Crippen LogP contribution in [-0.4, -0.2) is 11.7 Å². The maximum Gasteiger partial charge on any atom is 0.0870 e. The van der Waals surface area contributed by atoms with Crippen LogP contribution in [-0.2, 0) is 0 Å². The number of nitrogens with zero attached hydrogens (tertiary/aromatic N) is 3. The minimum atomic E-state index is -0.624. The Balaban J connectivity index is 3.10. The van der Waals surface area contributed by atoms with Crippen LogP contribution in [0.3, 0.4) is 0 Å². The van der Waals surface area contributed by atoms with Gasteiger partial charge >= 0.3 is 0 Å². The van der Waals surface area contributed by atoms with Crippen LogP contribution < -0.4 is 0 Å². The van der Waals surface area contributed by atoms with Gasteiger partial charge in [-0.2, -0.15) is 0 Å². The summed E-state index contributed by atoms with van der Waals surface area (Å²) in [5.41, 5.74) is 8.89. The minimum absolute atomic E-state index is 0.259. The lowest BCUT2D eigenvalue weighted by Crippen LogP contribution is -2.00. The van der Waals surface area contributed by atoms with Gasteiger partial charge in [-0.1, -0.05) is 38.7 Å². The van der Waals surface area contributed by atoms with Crippen molar-refractivity contribution in [2.75, 3.05) is 6.61 Å². The van der Waals surface area contributed by atoms with Gasteiger partial charge < -0.3 is 5.11 Å². The van der Waals surface area contributed by atoms with Crippen molar-refractivity contribution in [3.8, 4) is 0 Å². The minimum Gasteiger partial charge on any atom is -0.396 e. The van der Waals surface area contributed by atoms with Gasteiger partial charge in [-0.25, -0.2) is 0 Å². The Hall–Kier alpha value is -0.740. The number of azide groups is 1. The Morgan fingerprint density at radius 2 is 2.36 bits per heavy atom. The van der Waals surface area contributed by atoms with E-state index >= 15 is 0 Å². The molecule has 0 aromatic heterocycles. The third-order valence-electron chi connectivity index (χ3n) is 1.69. The number of hydrogen-bond donors (Lipinski definition) is 1. The van der Waals surface area contributed by atoms with Gasteiger partial charge in [0, 0.05) is 14.4 Å². The van der Waals surface area contributed by atoms with Crippen LogP contribution >= 0.6 is 27.5 Å². The van der Waals surface area contributed by atoms with Gasteiger partial charge in [0.2, 0.25) is 0 Å². The van der Waals surface area contributed by atoms with E-state index in [-0.39, 0.29) is 6.61 Å². The molecule has 14 heavy (non-hydrogen) atoms. The molecule has 1 unspecified atom stereocenters. The predicted molar refractivity (Wildman–Crippen MR) is 58.1 cm³/mol. The fraction of sp³-hybridized carbons (Fsp3) is 0.250. The summed E-state index contributed by atoms with van der Waals surface area (Å²) in [5, 5.41) is 12.9. The van der Waals surface area contributed by atoms with Crippen molar-refractivity contribution >= 4 is 27.5 Å². The normalized spacial score (nSPS) is 11.9. The van der Waals surface area contributed by atoms with Crippen LogP contribution in [0.2, 0.25) is 5.02 Å². The molecular weight excluding hydrogens is 269 g/mol. The molecule has 0 spiro atoms. The van der Waals surface area contributed by atoms with E-state index in [0.29, 0.717) is 10.6 Å². The van der Waals surface area contributed by atoms with Crippen LogP contribution in [0.1, 0.15) is 11.6 Å². The summed E-state index contributed by atoms with van der Waals surface area (Å²) in [6, 6.07) is 4.55. The zero-order valence-corrected chi connectivity index (χ0v) is 9.40. The van der Waals surface area contributed by atoms with Gasteiger partial charge in [0.15, 0.2) is 0 Å². The average Bonchev–Trinajstić information content (AvgIpc) is 2.15. The van der Waals surface area contributed by atoms with E-state index in [1.165, 1.54) is 0 Å². The molecule has 0 amide bonds. The lowest BCUT2D eigenvalue weighted by molar-refractivity contribution is 0.268. The van der Waals surface area contributed by atoms with Crippen molar-refractivity contribution in [3.05, 3.63) is 43.7 Å². The molecule has 0 saturated carbocycles. The van der Waals surface area contributed by atoms with Crippen LogP contribution in [0.4, 0.5) is 0 Å². The fourth-order valence-corrected chi connectivity index (χ4v) is 1.83. The summed E-state index contributed by atoms with van der Waals surface area (Å²) in [6.45, 7) is -0.259. The maximum atomic E-state index is 8.97. The average molecular weight is 277 g/mol. The summed E-state index contributed by atoms with van der Waals surface area (Å²) in [6.07, 6.45) is 0. The van der Waals surface area contributed by atoms with Crippen molar-refractivity contribution in [2.45, 2.75) is 6.04 Å². The molecule has 0 bridgehead atoms. The van der Waals surface area contributed by atoms with Crippen molar-refractivity contribution < 1.29 is 5.11 Å². The Morgan fingerprint density at radius 3 is 2.86 bits per heavy atom. The molecule has 1 rings (SSSR count). The molecule has 1 atom stereocenters. The lowest BCUT2D eigenvalue weighted by atomic mass is 10.1. The third-order valence-corrected chi connectivity index (χ3v) is 2.51. The summed E-state index contributed by atoms with van der Waals surface area (Å²) >= 11 is 9.17. The van der Waals surface area contributed by atoms with E-state index in [2.05, 4.69) is 26.0 Å². The second-order valence-corrected chi connectivity index (χ2v) is 3.89. The van der Waals surface area contributed by atoms with Gasteiger partial charge in [-0.05, 0) is 23.2 Å². The highest BCUT2D eigenvalue weighted by Gasteiger charge is 2.11. The highest BCUT2D eigenvalue weighted by molar-refractivity contribution is 9.10. The van der Waals surface area contributed by atoms with E-state index in [4.69, 9.17) is 22.2 Å². The lowest BCUT2D eigenvalue weighted by Gasteiger charge is -2.09. The molecule has 1 aromatic carbocycles. The molecule has 4 nitrogen and oxygen atoms in total. The number of hydrogen-bond acceptors (Lipinski definition) is 2. The SMILES string of the molecule is [N-]=[N+]=NC(CO)c1ccc(Br)cc1Cl. The standard InChI is InChI=1S/C8H7BrClN3O/c9-5-1-2-6(7(10)3-5)8(4-14)12-13-11/h1-3,8,14H,4H2. The van der Waals surface area contributed by atoms with Crippen molar-refractivity contribution in [1.29, 1.82) is 0 Å². The Bertz CT molecular complexity index is 379. The van der Waals surface area contributed by atoms with E-state index in [0.717, 1.165) is 4.47 Å². The zero-order chi connectivity index (χ0) is 10.6. The van der Waals surface area contributed by atoms with E-state index in [9.17, 15) is 0 Å². The molecule has 0 fully saturated rings. The number of aliphatic hydroxyl groups excluding tert-OH is 1. The van der Waals surface area contributed by atoms with Gasteiger partial charge in [-0.15, -0.1) is 0 Å². The first-order chi connectivity index (χ1) is 6.69. The largest absolute Gasteiger partial charge is 0.396 e. The third kappa shape index (κ3) is 2.62. The monoisotopic (exact) mass is 275 g/mol. The summed E-state index contributed by atoms with van der Waals surface area (Å²) in [5.74, 6) is 0. The summed E-state index contributed by atoms with van der Waals surface area (Å²) in [7, 11) is 0. The summed E-state index contributed by atoms with van der Waals surface area (Å²) < 4.78 is 0.837. The van der Waals surface area contributed by atoms with Crippen molar-refractivity contribution in [1.82, 2.24) is 0 Å². The smallest absolute Gasteiger partial charge is 0.0870 e. The fourth-order valence-electron chi connectivity index (χ4n) is 1.03. The second-order valence-electron chi connectivity index (χ2n) is 2.57. The van der Waals surface area contributed by atoms with E-state index in [1.54, 1.807) is 18.2 Å². The Labute approximate surface area is 94.3 Å². The van der Waals surface area contributed by atoms with Gasteiger partial charge in [0.25, 0.3) is 0 Å². The number of halogens is 2. The van der Waals surface area contributed by atoms with E-state index < -0.39 is 6.04 Å². The molecule has 0 saturated heterocycles. The number of benzene rings is 1. The molecule has 6 heteroatoms. The predicted octanol–water partition coefficient (Wildman–Crippen LogP) is 3.45. The quantitative estimate of drug-likeness (QED) is 0.513. The summed E-state index contributed by atoms with van der Waals surface area (Å²) in [4.78, 5) is 2.64. The number of rotatable bonds is 3. The van der Waals surface area contributed by atoms with Crippen molar-refractivity contribution in [3.63, 3.8) is 0 Å². The highest BCUT2D eigenvalue weighted by atomic mass is 79.9. The topological polar surface area (TPSA) is 69.0 Å². The molecule has 0 aliphatic heterocycles. The molecule has 0 aliphatic carbocycles. The molecule has 0 aliphatic rings. The zero-order valence-electron chi connectivity index (χ0n) is 7.06. The van der Waals surface area contributed by atoms with Gasteiger partial charge in [0.05, 0.1) is 12.6 Å².